The van der Waals surface area contributed by atoms with Gasteiger partial charge in [0.15, 0.2) is 0 Å². The van der Waals surface area contributed by atoms with E-state index < -0.39 is 0 Å². The third kappa shape index (κ3) is 4.15. The summed E-state index contributed by atoms with van der Waals surface area (Å²) in [6.07, 6.45) is 2.15. The van der Waals surface area contributed by atoms with Gasteiger partial charge in [0.05, 0.1) is 12.7 Å². The van der Waals surface area contributed by atoms with Crippen molar-refractivity contribution in [2.24, 2.45) is 5.73 Å². The SMILES string of the molecule is CCCC(C)OCc1ccc(C(=N)N)cc1F. The van der Waals surface area contributed by atoms with Crippen molar-refractivity contribution in [1.29, 1.82) is 5.41 Å². The van der Waals surface area contributed by atoms with Crippen LogP contribution < -0.4 is 5.73 Å². The lowest BCUT2D eigenvalue weighted by atomic mass is 10.1. The third-order valence-electron chi connectivity index (χ3n) is 2.58. The number of halogens is 1. The molecule has 0 aliphatic rings. The number of nitrogens with one attached hydrogen (secondary N) is 1. The van der Waals surface area contributed by atoms with Crippen molar-refractivity contribution in [3.05, 3.63) is 35.1 Å². The van der Waals surface area contributed by atoms with E-state index in [9.17, 15) is 4.39 Å². The van der Waals surface area contributed by atoms with Gasteiger partial charge in [-0.05, 0) is 19.4 Å². The molecule has 1 aromatic carbocycles. The molecule has 0 saturated heterocycles. The minimum atomic E-state index is -0.374. The molecule has 1 atom stereocenters. The average molecular weight is 238 g/mol. The molecule has 0 saturated carbocycles. The van der Waals surface area contributed by atoms with Crippen molar-refractivity contribution in [3.63, 3.8) is 0 Å². The predicted molar refractivity (Wildman–Crippen MR) is 66.6 cm³/mol. The zero-order chi connectivity index (χ0) is 12.8. The molecule has 0 amide bonds. The summed E-state index contributed by atoms with van der Waals surface area (Å²) in [6, 6.07) is 4.52. The van der Waals surface area contributed by atoms with Crippen molar-refractivity contribution in [3.8, 4) is 0 Å². The minimum absolute atomic E-state index is 0.129. The van der Waals surface area contributed by atoms with Gasteiger partial charge in [-0.25, -0.2) is 4.39 Å². The minimum Gasteiger partial charge on any atom is -0.384 e. The van der Waals surface area contributed by atoms with Gasteiger partial charge in [-0.15, -0.1) is 0 Å². The molecule has 1 unspecified atom stereocenters. The van der Waals surface area contributed by atoms with Crippen LogP contribution in [0.25, 0.3) is 0 Å². The Balaban J connectivity index is 2.63. The summed E-state index contributed by atoms with van der Waals surface area (Å²) in [5, 5.41) is 7.21. The molecular weight excluding hydrogens is 219 g/mol. The number of rotatable bonds is 6. The molecule has 0 aromatic heterocycles. The van der Waals surface area contributed by atoms with Crippen molar-refractivity contribution in [2.75, 3.05) is 0 Å². The highest BCUT2D eigenvalue weighted by Crippen LogP contribution is 2.13. The molecule has 0 fully saturated rings. The Morgan fingerprint density at radius 2 is 2.24 bits per heavy atom. The van der Waals surface area contributed by atoms with E-state index in [1.54, 1.807) is 12.1 Å². The Morgan fingerprint density at radius 3 is 2.76 bits per heavy atom. The maximum Gasteiger partial charge on any atom is 0.129 e. The number of amidine groups is 1. The molecule has 1 rings (SSSR count). The van der Waals surface area contributed by atoms with Gasteiger partial charge < -0.3 is 10.5 Å². The van der Waals surface area contributed by atoms with Gasteiger partial charge in [-0.1, -0.05) is 25.5 Å². The Hall–Kier alpha value is -1.42. The first-order valence-electron chi connectivity index (χ1n) is 5.79. The Morgan fingerprint density at radius 1 is 1.53 bits per heavy atom. The topological polar surface area (TPSA) is 59.1 Å². The lowest BCUT2D eigenvalue weighted by Crippen LogP contribution is -2.12. The summed E-state index contributed by atoms with van der Waals surface area (Å²) in [6.45, 7) is 4.32. The molecular formula is C13H19FN2O. The Bertz CT molecular complexity index is 393. The maximum atomic E-state index is 13.6. The van der Waals surface area contributed by atoms with Crippen molar-refractivity contribution in [2.45, 2.75) is 39.4 Å². The first-order valence-corrected chi connectivity index (χ1v) is 5.79. The van der Waals surface area contributed by atoms with E-state index in [1.165, 1.54) is 6.07 Å². The molecule has 3 N–H and O–H groups in total. The molecule has 1 aromatic rings. The van der Waals surface area contributed by atoms with E-state index in [0.717, 1.165) is 12.8 Å². The molecule has 0 heterocycles. The van der Waals surface area contributed by atoms with Crippen molar-refractivity contribution in [1.82, 2.24) is 0 Å². The van der Waals surface area contributed by atoms with Crippen LogP contribution in [-0.4, -0.2) is 11.9 Å². The highest BCUT2D eigenvalue weighted by molar-refractivity contribution is 5.94. The fourth-order valence-corrected chi connectivity index (χ4v) is 1.55. The van der Waals surface area contributed by atoms with Gasteiger partial charge >= 0.3 is 0 Å². The highest BCUT2D eigenvalue weighted by atomic mass is 19.1. The number of benzene rings is 1. The highest BCUT2D eigenvalue weighted by Gasteiger charge is 2.07. The fourth-order valence-electron chi connectivity index (χ4n) is 1.55. The first-order chi connectivity index (χ1) is 8.04. The van der Waals surface area contributed by atoms with Gasteiger partial charge in [-0.3, -0.25) is 5.41 Å². The second-order valence-corrected chi connectivity index (χ2v) is 4.13. The van der Waals surface area contributed by atoms with Crippen LogP contribution in [0.1, 0.15) is 37.8 Å². The lowest BCUT2D eigenvalue weighted by molar-refractivity contribution is 0.0456. The van der Waals surface area contributed by atoms with Crippen LogP contribution in [0.15, 0.2) is 18.2 Å². The predicted octanol–water partition coefficient (Wildman–Crippen LogP) is 2.81. The largest absolute Gasteiger partial charge is 0.384 e. The van der Waals surface area contributed by atoms with Crippen LogP contribution in [-0.2, 0) is 11.3 Å². The molecule has 94 valence electrons. The van der Waals surface area contributed by atoms with Gasteiger partial charge in [0.2, 0.25) is 0 Å². The number of hydrogen-bond acceptors (Lipinski definition) is 2. The van der Waals surface area contributed by atoms with Crippen molar-refractivity contribution < 1.29 is 9.13 Å². The summed E-state index contributed by atoms with van der Waals surface area (Å²) in [7, 11) is 0. The summed E-state index contributed by atoms with van der Waals surface area (Å²) >= 11 is 0. The van der Waals surface area contributed by atoms with Gasteiger partial charge in [0, 0.05) is 11.1 Å². The van der Waals surface area contributed by atoms with E-state index in [1.807, 2.05) is 6.92 Å². The molecule has 0 bridgehead atoms. The van der Waals surface area contributed by atoms with Crippen LogP contribution >= 0.6 is 0 Å². The smallest absolute Gasteiger partial charge is 0.129 e. The molecule has 0 spiro atoms. The molecule has 0 radical (unpaired) electrons. The zero-order valence-corrected chi connectivity index (χ0v) is 10.3. The summed E-state index contributed by atoms with van der Waals surface area (Å²) in [4.78, 5) is 0. The Kier molecular flexibility index (Phi) is 5.10. The molecule has 17 heavy (non-hydrogen) atoms. The van der Waals surface area contributed by atoms with Crippen LogP contribution in [0.3, 0.4) is 0 Å². The average Bonchev–Trinajstić information content (AvgIpc) is 2.27. The second-order valence-electron chi connectivity index (χ2n) is 4.13. The van der Waals surface area contributed by atoms with Crippen molar-refractivity contribution >= 4 is 5.84 Å². The summed E-state index contributed by atoms with van der Waals surface area (Å²) in [5.41, 5.74) is 6.17. The van der Waals surface area contributed by atoms with E-state index in [4.69, 9.17) is 15.9 Å². The monoisotopic (exact) mass is 238 g/mol. The van der Waals surface area contributed by atoms with Crippen LogP contribution in [0, 0.1) is 11.2 Å². The van der Waals surface area contributed by atoms with Crippen LogP contribution in [0.5, 0.6) is 0 Å². The second kappa shape index (κ2) is 6.35. The number of hydrogen-bond donors (Lipinski definition) is 2. The zero-order valence-electron chi connectivity index (χ0n) is 10.3. The van der Waals surface area contributed by atoms with Gasteiger partial charge in [0.1, 0.15) is 11.7 Å². The van der Waals surface area contributed by atoms with Crippen LogP contribution in [0.2, 0.25) is 0 Å². The van der Waals surface area contributed by atoms with E-state index in [0.29, 0.717) is 11.1 Å². The van der Waals surface area contributed by atoms with E-state index >= 15 is 0 Å². The van der Waals surface area contributed by atoms with Gasteiger partial charge in [-0.2, -0.15) is 0 Å². The lowest BCUT2D eigenvalue weighted by Gasteiger charge is -2.12. The maximum absolute atomic E-state index is 13.6. The van der Waals surface area contributed by atoms with E-state index in [2.05, 4.69) is 6.92 Å². The summed E-state index contributed by atoms with van der Waals surface area (Å²) < 4.78 is 19.1. The fraction of sp³-hybridized carbons (Fsp3) is 0.462. The number of ether oxygens (including phenoxy) is 1. The summed E-state index contributed by atoms with van der Waals surface area (Å²) in [5.74, 6) is -0.503. The normalized spacial score (nSPS) is 12.4. The van der Waals surface area contributed by atoms with Gasteiger partial charge in [0.25, 0.3) is 0 Å². The first kappa shape index (κ1) is 13.6. The molecule has 3 nitrogen and oxygen atoms in total. The van der Waals surface area contributed by atoms with E-state index in [-0.39, 0.29) is 24.4 Å². The molecule has 0 aliphatic carbocycles. The third-order valence-corrected chi connectivity index (χ3v) is 2.58. The number of nitrogen functional groups attached to an aromatic ring is 1. The van der Waals surface area contributed by atoms with Crippen LogP contribution in [0.4, 0.5) is 4.39 Å². The quantitative estimate of drug-likeness (QED) is 0.591. The Labute approximate surface area is 101 Å². The standard InChI is InChI=1S/C13H19FN2O/c1-3-4-9(2)17-8-11-6-5-10(13(15)16)7-12(11)14/h5-7,9H,3-4,8H2,1-2H3,(H3,15,16). The number of nitrogens with two attached hydrogens (primary N) is 1. The molecule has 4 heteroatoms. The molecule has 0 aliphatic heterocycles.